The van der Waals surface area contributed by atoms with Gasteiger partial charge in [0, 0.05) is 30.9 Å². The molecule has 2 fully saturated rings. The first-order valence-corrected chi connectivity index (χ1v) is 9.97. The van der Waals surface area contributed by atoms with Gasteiger partial charge in [-0.15, -0.1) is 11.3 Å². The second-order valence-electron chi connectivity index (χ2n) is 7.04. The third kappa shape index (κ3) is 3.90. The third-order valence-corrected chi connectivity index (χ3v) is 6.25. The summed E-state index contributed by atoms with van der Waals surface area (Å²) in [4.78, 5) is 47.6. The van der Waals surface area contributed by atoms with Gasteiger partial charge in [0.2, 0.25) is 17.7 Å². The van der Waals surface area contributed by atoms with Crippen LogP contribution in [0.1, 0.15) is 41.8 Å². The fourth-order valence-electron chi connectivity index (χ4n) is 3.51. The van der Waals surface area contributed by atoms with Crippen molar-refractivity contribution in [1.29, 1.82) is 0 Å². The molecule has 2 aliphatic rings. The van der Waals surface area contributed by atoms with Crippen molar-refractivity contribution in [2.75, 3.05) is 26.2 Å². The van der Waals surface area contributed by atoms with Crippen molar-refractivity contribution in [3.63, 3.8) is 0 Å². The molecule has 3 heterocycles. The first kappa shape index (κ1) is 18.8. The predicted octanol–water partition coefficient (Wildman–Crippen LogP) is 1.33. The van der Waals surface area contributed by atoms with Crippen LogP contribution in [0.5, 0.6) is 0 Å². The van der Waals surface area contributed by atoms with Crippen molar-refractivity contribution in [3.8, 4) is 0 Å². The fraction of sp³-hybridized carbons (Fsp3) is 0.667. The molecule has 0 bridgehead atoms. The Kier molecular flexibility index (Phi) is 5.60. The lowest BCUT2D eigenvalue weighted by molar-refractivity contribution is -0.155. The number of aryl methyl sites for hydroxylation is 2. The minimum absolute atomic E-state index is 0.0256. The Hall–Kier alpha value is -1.96. The Bertz CT molecular complexity index is 698. The summed E-state index contributed by atoms with van der Waals surface area (Å²) in [6, 6.07) is -0.478. The zero-order chi connectivity index (χ0) is 18.8. The predicted molar refractivity (Wildman–Crippen MR) is 98.6 cm³/mol. The molecule has 8 heteroatoms. The number of aromatic nitrogens is 1. The van der Waals surface area contributed by atoms with E-state index in [4.69, 9.17) is 0 Å². The van der Waals surface area contributed by atoms with Gasteiger partial charge in [-0.3, -0.25) is 14.4 Å². The number of hydrogen-bond donors (Lipinski definition) is 0. The molecule has 1 aromatic rings. The largest absolute Gasteiger partial charge is 0.343 e. The fourth-order valence-corrected chi connectivity index (χ4v) is 4.44. The number of amides is 3. The van der Waals surface area contributed by atoms with Gasteiger partial charge in [0.05, 0.1) is 18.8 Å². The number of hydrogen-bond acceptors (Lipinski definition) is 5. The molecule has 2 aliphatic heterocycles. The van der Waals surface area contributed by atoms with Gasteiger partial charge in [-0.1, -0.05) is 0 Å². The number of likely N-dealkylation sites (tertiary alicyclic amines) is 1. The SMILES string of the molecule is Cc1nc(CN2C(=O)CN(CCCN3CCCC3=O)C(=O)[C@@H]2C)sc1C. The van der Waals surface area contributed by atoms with E-state index in [0.29, 0.717) is 32.5 Å². The van der Waals surface area contributed by atoms with Crippen molar-refractivity contribution in [2.45, 2.75) is 52.6 Å². The van der Waals surface area contributed by atoms with E-state index >= 15 is 0 Å². The van der Waals surface area contributed by atoms with Crippen LogP contribution in [0, 0.1) is 13.8 Å². The summed E-state index contributed by atoms with van der Waals surface area (Å²) in [6.07, 6.45) is 2.26. The van der Waals surface area contributed by atoms with E-state index in [2.05, 4.69) is 4.98 Å². The highest BCUT2D eigenvalue weighted by Gasteiger charge is 2.36. The Morgan fingerprint density at radius 1 is 1.12 bits per heavy atom. The van der Waals surface area contributed by atoms with Crippen LogP contribution in [0.4, 0.5) is 0 Å². The Balaban J connectivity index is 1.55. The minimum atomic E-state index is -0.478. The number of nitrogens with zero attached hydrogens (tertiary/aromatic N) is 4. The van der Waals surface area contributed by atoms with E-state index in [1.165, 1.54) is 0 Å². The molecule has 142 valence electrons. The number of rotatable bonds is 6. The first-order chi connectivity index (χ1) is 12.4. The van der Waals surface area contributed by atoms with E-state index in [1.807, 2.05) is 18.7 Å². The number of carbonyl (C=O) groups excluding carboxylic acids is 3. The highest BCUT2D eigenvalue weighted by molar-refractivity contribution is 7.11. The topological polar surface area (TPSA) is 73.8 Å². The van der Waals surface area contributed by atoms with Crippen molar-refractivity contribution in [3.05, 3.63) is 15.6 Å². The van der Waals surface area contributed by atoms with Crippen molar-refractivity contribution in [1.82, 2.24) is 19.7 Å². The summed E-state index contributed by atoms with van der Waals surface area (Å²) in [5.74, 6) is 0.127. The molecule has 26 heavy (non-hydrogen) atoms. The Morgan fingerprint density at radius 2 is 1.85 bits per heavy atom. The molecular formula is C18H26N4O3S. The average molecular weight is 378 g/mol. The minimum Gasteiger partial charge on any atom is -0.343 e. The zero-order valence-electron chi connectivity index (χ0n) is 15.7. The molecular weight excluding hydrogens is 352 g/mol. The lowest BCUT2D eigenvalue weighted by atomic mass is 10.1. The number of piperazine rings is 1. The maximum Gasteiger partial charge on any atom is 0.245 e. The van der Waals surface area contributed by atoms with Crippen LogP contribution in [-0.2, 0) is 20.9 Å². The van der Waals surface area contributed by atoms with Gasteiger partial charge in [0.15, 0.2) is 0 Å². The molecule has 0 N–H and O–H groups in total. The van der Waals surface area contributed by atoms with Gasteiger partial charge in [0.1, 0.15) is 11.0 Å². The lowest BCUT2D eigenvalue weighted by Crippen LogP contribution is -2.58. The van der Waals surface area contributed by atoms with E-state index in [9.17, 15) is 14.4 Å². The smallest absolute Gasteiger partial charge is 0.245 e. The molecule has 0 spiro atoms. The third-order valence-electron chi connectivity index (χ3n) is 5.19. The van der Waals surface area contributed by atoms with Crippen LogP contribution in [0.2, 0.25) is 0 Å². The highest BCUT2D eigenvalue weighted by atomic mass is 32.1. The van der Waals surface area contributed by atoms with E-state index in [0.717, 1.165) is 28.5 Å². The highest BCUT2D eigenvalue weighted by Crippen LogP contribution is 2.22. The molecule has 1 aromatic heterocycles. The summed E-state index contributed by atoms with van der Waals surface area (Å²) < 4.78 is 0. The van der Waals surface area contributed by atoms with Crippen LogP contribution in [0.15, 0.2) is 0 Å². The summed E-state index contributed by atoms with van der Waals surface area (Å²) in [5, 5.41) is 0.869. The van der Waals surface area contributed by atoms with Crippen molar-refractivity contribution >= 4 is 29.1 Å². The molecule has 0 radical (unpaired) electrons. The molecule has 0 saturated carbocycles. The average Bonchev–Trinajstić information content (AvgIpc) is 3.14. The molecule has 7 nitrogen and oxygen atoms in total. The molecule has 0 aromatic carbocycles. The van der Waals surface area contributed by atoms with Crippen LogP contribution in [0.3, 0.4) is 0 Å². The Morgan fingerprint density at radius 3 is 2.46 bits per heavy atom. The summed E-state index contributed by atoms with van der Waals surface area (Å²) in [5.41, 5.74) is 0.978. The number of carbonyl (C=O) groups is 3. The Labute approximate surface area is 158 Å². The summed E-state index contributed by atoms with van der Waals surface area (Å²) >= 11 is 1.57. The van der Waals surface area contributed by atoms with Gasteiger partial charge in [-0.2, -0.15) is 0 Å². The molecule has 0 aliphatic carbocycles. The summed E-state index contributed by atoms with van der Waals surface area (Å²) in [6.45, 7) is 8.23. The van der Waals surface area contributed by atoms with Crippen LogP contribution in [0.25, 0.3) is 0 Å². The molecule has 2 saturated heterocycles. The molecule has 3 rings (SSSR count). The first-order valence-electron chi connectivity index (χ1n) is 9.15. The second-order valence-corrected chi connectivity index (χ2v) is 8.33. The lowest BCUT2D eigenvalue weighted by Gasteiger charge is -2.38. The quantitative estimate of drug-likeness (QED) is 0.749. The van der Waals surface area contributed by atoms with Gasteiger partial charge in [-0.25, -0.2) is 4.98 Å². The molecule has 0 unspecified atom stereocenters. The van der Waals surface area contributed by atoms with Crippen LogP contribution in [-0.4, -0.2) is 69.6 Å². The van der Waals surface area contributed by atoms with Crippen LogP contribution < -0.4 is 0 Å². The normalized spacial score (nSPS) is 21.3. The van der Waals surface area contributed by atoms with Crippen molar-refractivity contribution < 1.29 is 14.4 Å². The van der Waals surface area contributed by atoms with Gasteiger partial charge < -0.3 is 14.7 Å². The second kappa shape index (κ2) is 7.73. The maximum absolute atomic E-state index is 12.7. The molecule has 1 atom stereocenters. The van der Waals surface area contributed by atoms with E-state index in [1.54, 1.807) is 28.1 Å². The number of thiazole rings is 1. The molecule has 3 amide bonds. The van der Waals surface area contributed by atoms with Crippen LogP contribution >= 0.6 is 11.3 Å². The van der Waals surface area contributed by atoms with E-state index < -0.39 is 6.04 Å². The summed E-state index contributed by atoms with van der Waals surface area (Å²) in [7, 11) is 0. The monoisotopic (exact) mass is 378 g/mol. The zero-order valence-corrected chi connectivity index (χ0v) is 16.5. The van der Waals surface area contributed by atoms with Gasteiger partial charge in [-0.05, 0) is 33.6 Å². The maximum atomic E-state index is 12.7. The van der Waals surface area contributed by atoms with Gasteiger partial charge in [0.25, 0.3) is 0 Å². The van der Waals surface area contributed by atoms with Gasteiger partial charge >= 0.3 is 0 Å². The van der Waals surface area contributed by atoms with Crippen molar-refractivity contribution in [2.24, 2.45) is 0 Å². The van der Waals surface area contributed by atoms with E-state index in [-0.39, 0.29) is 24.3 Å². The standard InChI is InChI=1S/C18H26N4O3S/c1-12-14(3)26-15(19-12)10-22-13(2)18(25)21(11-17(22)24)9-5-8-20-7-4-6-16(20)23/h13H,4-11H2,1-3H3/t13-/m0/s1.